The summed E-state index contributed by atoms with van der Waals surface area (Å²) in [5.74, 6) is 0. The predicted molar refractivity (Wildman–Crippen MR) is 134 cm³/mol. The minimum Gasteiger partial charge on any atom is -0.147 e. The molecule has 0 amide bonds. The quantitative estimate of drug-likeness (QED) is 0.276. The van der Waals surface area contributed by atoms with Gasteiger partial charge in [0.1, 0.15) is 0 Å². The van der Waals surface area contributed by atoms with Gasteiger partial charge in [-0.05, 0) is 0 Å². The number of allylic oxidation sites excluding steroid dienone is 8. The van der Waals surface area contributed by atoms with Gasteiger partial charge < -0.3 is 0 Å². The summed E-state index contributed by atoms with van der Waals surface area (Å²) in [5, 5.41) is 5.47. The van der Waals surface area contributed by atoms with E-state index in [1.807, 2.05) is 7.76 Å². The number of halogens is 2. The second-order valence-electron chi connectivity index (χ2n) is 9.57. The van der Waals surface area contributed by atoms with Crippen LogP contribution in [0.1, 0.15) is 91.9 Å². The van der Waals surface area contributed by atoms with Gasteiger partial charge in [-0.25, -0.2) is 0 Å². The zero-order valence-corrected chi connectivity index (χ0v) is 23.9. The minimum absolute atomic E-state index is 0. The fraction of sp³-hybridized carbons (Fsp3) is 0.667. The van der Waals surface area contributed by atoms with E-state index in [2.05, 4.69) is 57.9 Å². The molecule has 2 rings (SSSR count). The first-order valence-electron chi connectivity index (χ1n) is 11.2. The Morgan fingerprint density at radius 1 is 0.750 bits per heavy atom. The van der Waals surface area contributed by atoms with E-state index in [0.29, 0.717) is 0 Å². The number of hydrogen-bond donors (Lipinski definition) is 0. The molecule has 0 radical (unpaired) electrons. The molecule has 28 heavy (non-hydrogen) atoms. The van der Waals surface area contributed by atoms with Gasteiger partial charge in [0.15, 0.2) is 0 Å². The van der Waals surface area contributed by atoms with Crippen molar-refractivity contribution in [1.29, 1.82) is 0 Å². The Hall–Kier alpha value is 0.471. The zero-order chi connectivity index (χ0) is 19.4. The Kier molecular flexibility index (Phi) is 12.0. The Labute approximate surface area is 190 Å². The summed E-state index contributed by atoms with van der Waals surface area (Å²) in [6, 6.07) is 0. The van der Waals surface area contributed by atoms with E-state index in [9.17, 15) is 0 Å². The van der Waals surface area contributed by atoms with Crippen LogP contribution in [0.3, 0.4) is 0 Å². The molecule has 2 aliphatic carbocycles. The Morgan fingerprint density at radius 2 is 1.11 bits per heavy atom. The van der Waals surface area contributed by atoms with Crippen molar-refractivity contribution in [2.75, 3.05) is 0 Å². The molecule has 0 aromatic heterocycles. The van der Waals surface area contributed by atoms with Crippen LogP contribution in [0.2, 0.25) is 10.5 Å². The first kappa shape index (κ1) is 28.5. The second-order valence-corrected chi connectivity index (χ2v) is 28.6. The molecule has 0 fully saturated rings. The molecule has 0 N–H and O–H groups in total. The summed E-state index contributed by atoms with van der Waals surface area (Å²) in [6.45, 7) is 9.34. The van der Waals surface area contributed by atoms with E-state index in [4.69, 9.17) is 0 Å². The van der Waals surface area contributed by atoms with Gasteiger partial charge in [-0.15, -0.1) is 24.8 Å². The van der Waals surface area contributed by atoms with Crippen LogP contribution in [-0.2, 0) is 14.0 Å². The van der Waals surface area contributed by atoms with E-state index in [1.165, 1.54) is 64.2 Å². The van der Waals surface area contributed by atoms with Crippen molar-refractivity contribution < 1.29 is 14.0 Å². The van der Waals surface area contributed by atoms with Gasteiger partial charge >= 0.3 is 166 Å². The molecule has 0 aromatic carbocycles. The van der Waals surface area contributed by atoms with Gasteiger partial charge in [0.05, 0.1) is 0 Å². The van der Waals surface area contributed by atoms with Crippen LogP contribution in [0.15, 0.2) is 42.2 Å². The number of unbranched alkanes of at least 4 members (excludes halogenated alkanes) is 2. The molecule has 0 unspecified atom stereocenters. The summed E-state index contributed by atoms with van der Waals surface area (Å²) in [7, 11) is 2.45. The standard InChI is InChI=1S/2C11H17.2CH3.2ClH.H2Si.Ti/c2*1-3-5-6-11-8-7-10(4-2)9-11;;;;;;/h2*9H,3-7H2,1-2H3;2*1H3;2*1H;1H2;. The van der Waals surface area contributed by atoms with Crippen LogP contribution in [-0.4, -0.2) is 7.63 Å². The van der Waals surface area contributed by atoms with Crippen LogP contribution in [0.4, 0.5) is 0 Å². The molecule has 2 aliphatic rings. The molecule has 0 saturated heterocycles. The van der Waals surface area contributed by atoms with Crippen LogP contribution in [0.25, 0.3) is 0 Å². The Morgan fingerprint density at radius 3 is 1.39 bits per heavy atom. The number of hydrogen-bond acceptors (Lipinski definition) is 0. The molecule has 0 saturated carbocycles. The fourth-order valence-electron chi connectivity index (χ4n) is 4.86. The van der Waals surface area contributed by atoms with Crippen LogP contribution in [0.5, 0.6) is 0 Å². The maximum Gasteiger partial charge on any atom is -0.147 e. The molecular weight excluding hydrogens is 435 g/mol. The normalized spacial score (nSPS) is 17.4. The molecule has 0 heterocycles. The fourth-order valence-corrected chi connectivity index (χ4v) is 14.6. The van der Waals surface area contributed by atoms with E-state index < -0.39 is 14.0 Å². The maximum absolute atomic E-state index is 2.82. The predicted octanol–water partition coefficient (Wildman–Crippen LogP) is 8.53. The Balaban J connectivity index is 0.00000364. The van der Waals surface area contributed by atoms with Crippen molar-refractivity contribution in [2.24, 2.45) is 0 Å². The van der Waals surface area contributed by atoms with Crippen molar-refractivity contribution in [3.8, 4) is 0 Å². The molecule has 0 spiro atoms. The topological polar surface area (TPSA) is 0 Å². The molecule has 0 aromatic rings. The van der Waals surface area contributed by atoms with Gasteiger partial charge in [0.2, 0.25) is 0 Å². The average Bonchev–Trinajstić information content (AvgIpc) is 3.22. The second kappa shape index (κ2) is 11.8. The smallest absolute Gasteiger partial charge is 0.147 e. The average molecular weight is 479 g/mol. The van der Waals surface area contributed by atoms with E-state index in [0.717, 1.165) is 0 Å². The molecule has 4 heteroatoms. The largest absolute Gasteiger partial charge is 0.147 e. The maximum atomic E-state index is 2.73. The summed E-state index contributed by atoms with van der Waals surface area (Å²) in [6.07, 6.45) is 18.1. The van der Waals surface area contributed by atoms with Crippen LogP contribution < -0.4 is 0 Å². The summed E-state index contributed by atoms with van der Waals surface area (Å²) < 4.78 is 3.83. The van der Waals surface area contributed by atoms with Crippen molar-refractivity contribution in [3.63, 3.8) is 0 Å². The van der Waals surface area contributed by atoms with E-state index in [1.54, 1.807) is 22.3 Å². The van der Waals surface area contributed by atoms with Crippen molar-refractivity contribution in [1.82, 2.24) is 0 Å². The molecule has 0 atom stereocenters. The van der Waals surface area contributed by atoms with E-state index >= 15 is 0 Å². The number of rotatable bonds is 10. The van der Waals surface area contributed by atoms with Gasteiger partial charge in [0, 0.05) is 0 Å². The molecular formula is C24H44Cl2SiTi. The van der Waals surface area contributed by atoms with Crippen molar-refractivity contribution in [2.45, 2.75) is 102 Å². The molecule has 0 nitrogen and oxygen atoms in total. The van der Waals surface area contributed by atoms with Crippen molar-refractivity contribution in [3.05, 3.63) is 42.2 Å². The molecule has 0 aliphatic heterocycles. The van der Waals surface area contributed by atoms with Crippen LogP contribution >= 0.6 is 24.8 Å². The van der Waals surface area contributed by atoms with Gasteiger partial charge in [-0.2, -0.15) is 0 Å². The van der Waals surface area contributed by atoms with Gasteiger partial charge in [0.25, 0.3) is 0 Å². The third-order valence-corrected chi connectivity index (χ3v) is 17.9. The molecule has 162 valence electrons. The van der Waals surface area contributed by atoms with E-state index in [-0.39, 0.29) is 24.8 Å². The van der Waals surface area contributed by atoms with Crippen molar-refractivity contribution >= 4 is 32.4 Å². The molecule has 0 bridgehead atoms. The first-order valence-corrected chi connectivity index (χ1v) is 19.9. The summed E-state index contributed by atoms with van der Waals surface area (Å²) in [4.78, 5) is 0. The summed E-state index contributed by atoms with van der Waals surface area (Å²) in [5.41, 5.74) is 6.87. The minimum atomic E-state index is -2.82. The van der Waals surface area contributed by atoms with Gasteiger partial charge in [-0.1, -0.05) is 0 Å². The summed E-state index contributed by atoms with van der Waals surface area (Å²) >= 11 is -2.82. The zero-order valence-electron chi connectivity index (χ0n) is 19.2. The Bertz CT molecular complexity index is 676. The monoisotopic (exact) mass is 478 g/mol. The third-order valence-electron chi connectivity index (χ3n) is 6.78. The van der Waals surface area contributed by atoms with Gasteiger partial charge in [-0.3, -0.25) is 0 Å². The SMILES string of the molecule is CCCCC1=[C]([Ti]([CH3])([CH3])(=[SiH2])[C]2=C(CCCC)C=C(CC)C2)CC(CC)=C1.Cl.Cl. The third kappa shape index (κ3) is 6.24. The first-order chi connectivity index (χ1) is 12.3. The van der Waals surface area contributed by atoms with Crippen LogP contribution in [0, 0.1) is 0 Å².